The molecule has 0 saturated carbocycles. The number of imidazole rings is 1. The first-order valence-electron chi connectivity index (χ1n) is 8.68. The van der Waals surface area contributed by atoms with Gasteiger partial charge in [-0.25, -0.2) is 9.97 Å². The van der Waals surface area contributed by atoms with E-state index in [-0.39, 0.29) is 0 Å². The molecule has 0 amide bonds. The Kier molecular flexibility index (Phi) is 2.79. The molecule has 0 fully saturated rings. The summed E-state index contributed by atoms with van der Waals surface area (Å²) in [6, 6.07) is 12.1. The molecule has 0 aromatic carbocycles. The minimum absolute atomic E-state index is 0.881. The van der Waals surface area contributed by atoms with Crippen LogP contribution >= 0.6 is 0 Å². The van der Waals surface area contributed by atoms with Crippen molar-refractivity contribution < 1.29 is 0 Å². The molecular formula is C21H14N6. The van der Waals surface area contributed by atoms with Crippen LogP contribution in [0.1, 0.15) is 0 Å². The molecule has 6 aromatic heterocycles. The van der Waals surface area contributed by atoms with E-state index in [1.54, 1.807) is 0 Å². The Balaban J connectivity index is 1.46. The highest BCUT2D eigenvalue weighted by Crippen LogP contribution is 2.24. The van der Waals surface area contributed by atoms with Crippen LogP contribution in [0.4, 0.5) is 0 Å². The second-order valence-corrected chi connectivity index (χ2v) is 6.54. The molecule has 27 heavy (non-hydrogen) atoms. The van der Waals surface area contributed by atoms with Gasteiger partial charge in [0.15, 0.2) is 0 Å². The summed E-state index contributed by atoms with van der Waals surface area (Å²) in [6.07, 6.45) is 15.9. The van der Waals surface area contributed by atoms with Crippen LogP contribution < -0.4 is 0 Å². The quantitative estimate of drug-likeness (QED) is 0.475. The first-order chi connectivity index (χ1) is 13.3. The Labute approximate surface area is 154 Å². The fourth-order valence-electron chi connectivity index (χ4n) is 3.42. The third-order valence-corrected chi connectivity index (χ3v) is 4.81. The second-order valence-electron chi connectivity index (χ2n) is 6.54. The lowest BCUT2D eigenvalue weighted by Crippen LogP contribution is -1.88. The number of hydrogen-bond donors (Lipinski definition) is 0. The van der Waals surface area contributed by atoms with Crippen LogP contribution in [0.15, 0.2) is 86.0 Å². The van der Waals surface area contributed by atoms with E-state index in [1.807, 2.05) is 82.4 Å². The lowest BCUT2D eigenvalue weighted by atomic mass is 10.2. The average Bonchev–Trinajstić information content (AvgIpc) is 3.42. The van der Waals surface area contributed by atoms with Crippen LogP contribution in [0.2, 0.25) is 0 Å². The van der Waals surface area contributed by atoms with E-state index in [0.717, 1.165) is 39.3 Å². The number of rotatable bonds is 2. The average molecular weight is 350 g/mol. The first-order valence-corrected chi connectivity index (χ1v) is 8.68. The molecule has 6 nitrogen and oxygen atoms in total. The lowest BCUT2D eigenvalue weighted by molar-refractivity contribution is 1.12. The summed E-state index contributed by atoms with van der Waals surface area (Å²) >= 11 is 0. The first kappa shape index (κ1) is 14.3. The molecule has 0 N–H and O–H groups in total. The molecule has 6 aromatic rings. The molecule has 0 aliphatic heterocycles. The standard InChI is InChI=1S/C21H14N6/c1-2-6-26-14-19(24-20(26)5-1)16-9-23-21-8-15(11-27(21)12-16)18-13-25-7-3-4-17(25)10-22-18/h1-14H. The topological polar surface area (TPSA) is 51.9 Å². The van der Waals surface area contributed by atoms with Crippen LogP contribution in [0.3, 0.4) is 0 Å². The summed E-state index contributed by atoms with van der Waals surface area (Å²) in [5.41, 5.74) is 6.70. The van der Waals surface area contributed by atoms with Crippen molar-refractivity contribution >= 4 is 16.8 Å². The van der Waals surface area contributed by atoms with Gasteiger partial charge in [-0.05, 0) is 30.3 Å². The summed E-state index contributed by atoms with van der Waals surface area (Å²) in [5.74, 6) is 0. The number of aromatic nitrogens is 6. The van der Waals surface area contributed by atoms with Crippen LogP contribution in [0.5, 0.6) is 0 Å². The summed E-state index contributed by atoms with van der Waals surface area (Å²) < 4.78 is 6.10. The highest BCUT2D eigenvalue weighted by molar-refractivity contribution is 5.68. The highest BCUT2D eigenvalue weighted by Gasteiger charge is 2.09. The third kappa shape index (κ3) is 2.23. The van der Waals surface area contributed by atoms with Gasteiger partial charge in [0.05, 0.1) is 23.1 Å². The Morgan fingerprint density at radius 3 is 2.48 bits per heavy atom. The number of hydrogen-bond acceptors (Lipinski definition) is 3. The van der Waals surface area contributed by atoms with E-state index in [4.69, 9.17) is 0 Å². The molecule has 0 atom stereocenters. The van der Waals surface area contributed by atoms with E-state index in [1.165, 1.54) is 0 Å². The molecule has 0 aliphatic rings. The van der Waals surface area contributed by atoms with Gasteiger partial charge >= 0.3 is 0 Å². The van der Waals surface area contributed by atoms with Crippen molar-refractivity contribution in [2.45, 2.75) is 0 Å². The Morgan fingerprint density at radius 2 is 1.52 bits per heavy atom. The van der Waals surface area contributed by atoms with Gasteiger partial charge in [0, 0.05) is 54.5 Å². The maximum Gasteiger partial charge on any atom is 0.137 e. The Hall–Kier alpha value is -3.93. The van der Waals surface area contributed by atoms with Gasteiger partial charge in [-0.1, -0.05) is 6.07 Å². The van der Waals surface area contributed by atoms with Crippen molar-refractivity contribution in [3.63, 3.8) is 0 Å². The smallest absolute Gasteiger partial charge is 0.137 e. The summed E-state index contributed by atoms with van der Waals surface area (Å²) in [6.45, 7) is 0. The van der Waals surface area contributed by atoms with Gasteiger partial charge < -0.3 is 13.2 Å². The van der Waals surface area contributed by atoms with Gasteiger partial charge in [-0.2, -0.15) is 0 Å². The SMILES string of the molecule is c1ccn2cc(-c3cnc4cc(-c5cn6cccc6cn5)cn4c3)nc2c1. The fourth-order valence-corrected chi connectivity index (χ4v) is 3.42. The van der Waals surface area contributed by atoms with Crippen molar-refractivity contribution in [3.05, 3.63) is 86.0 Å². The molecule has 0 saturated heterocycles. The summed E-state index contributed by atoms with van der Waals surface area (Å²) in [5, 5.41) is 0. The van der Waals surface area contributed by atoms with E-state index in [2.05, 4.69) is 31.7 Å². The number of fused-ring (bicyclic) bond motifs is 3. The van der Waals surface area contributed by atoms with Gasteiger partial charge in [-0.3, -0.25) is 4.98 Å². The minimum atomic E-state index is 0.881. The second kappa shape index (κ2) is 5.28. The molecule has 128 valence electrons. The van der Waals surface area contributed by atoms with Gasteiger partial charge in [0.1, 0.15) is 11.3 Å². The predicted molar refractivity (Wildman–Crippen MR) is 104 cm³/mol. The molecule has 0 aliphatic carbocycles. The van der Waals surface area contributed by atoms with Crippen molar-refractivity contribution in [1.29, 1.82) is 0 Å². The molecular weight excluding hydrogens is 336 g/mol. The van der Waals surface area contributed by atoms with Crippen molar-refractivity contribution in [2.75, 3.05) is 0 Å². The van der Waals surface area contributed by atoms with Crippen LogP contribution in [0.25, 0.3) is 39.3 Å². The molecule has 6 rings (SSSR count). The molecule has 6 heterocycles. The molecule has 0 bridgehead atoms. The molecule has 0 spiro atoms. The molecule has 0 radical (unpaired) electrons. The van der Waals surface area contributed by atoms with Crippen molar-refractivity contribution in [1.82, 2.24) is 28.2 Å². The zero-order valence-corrected chi connectivity index (χ0v) is 14.3. The van der Waals surface area contributed by atoms with Crippen LogP contribution in [-0.4, -0.2) is 28.2 Å². The largest absolute Gasteiger partial charge is 0.320 e. The van der Waals surface area contributed by atoms with E-state index < -0.39 is 0 Å². The highest BCUT2D eigenvalue weighted by atomic mass is 15.0. The van der Waals surface area contributed by atoms with Crippen molar-refractivity contribution in [3.8, 4) is 22.5 Å². The fraction of sp³-hybridized carbons (Fsp3) is 0. The molecule has 0 unspecified atom stereocenters. The normalized spacial score (nSPS) is 11.7. The number of nitrogens with zero attached hydrogens (tertiary/aromatic N) is 6. The Morgan fingerprint density at radius 1 is 0.630 bits per heavy atom. The monoisotopic (exact) mass is 350 g/mol. The summed E-state index contributed by atoms with van der Waals surface area (Å²) in [7, 11) is 0. The van der Waals surface area contributed by atoms with E-state index in [9.17, 15) is 0 Å². The third-order valence-electron chi connectivity index (χ3n) is 4.81. The molecule has 6 heteroatoms. The number of pyridine rings is 1. The zero-order chi connectivity index (χ0) is 17.8. The van der Waals surface area contributed by atoms with Gasteiger partial charge in [-0.15, -0.1) is 0 Å². The maximum atomic E-state index is 4.68. The lowest BCUT2D eigenvalue weighted by Gasteiger charge is -1.99. The zero-order valence-electron chi connectivity index (χ0n) is 14.3. The van der Waals surface area contributed by atoms with Gasteiger partial charge in [0.2, 0.25) is 0 Å². The van der Waals surface area contributed by atoms with Crippen molar-refractivity contribution in [2.24, 2.45) is 0 Å². The maximum absolute atomic E-state index is 4.68. The Bertz CT molecular complexity index is 1400. The van der Waals surface area contributed by atoms with Crippen LogP contribution in [0, 0.1) is 0 Å². The van der Waals surface area contributed by atoms with E-state index in [0.29, 0.717) is 0 Å². The minimum Gasteiger partial charge on any atom is -0.320 e. The summed E-state index contributed by atoms with van der Waals surface area (Å²) in [4.78, 5) is 13.9. The van der Waals surface area contributed by atoms with Gasteiger partial charge in [0.25, 0.3) is 0 Å². The predicted octanol–water partition coefficient (Wildman–Crippen LogP) is 3.96. The van der Waals surface area contributed by atoms with Crippen LogP contribution in [-0.2, 0) is 0 Å². The van der Waals surface area contributed by atoms with E-state index >= 15 is 0 Å².